The molecule has 0 aliphatic heterocycles. The van der Waals surface area contributed by atoms with Crippen molar-refractivity contribution in [3.63, 3.8) is 0 Å². The SMILES string of the molecule is OC(c1ccccc1)(c1ccccc1)[C@H]1C(=C(c2ccccc2)c2ccccc2)[C@H]1c1ccccc1. The molecule has 174 valence electrons. The maximum absolute atomic E-state index is 12.8. The fourth-order valence-corrected chi connectivity index (χ4v) is 5.69. The molecule has 0 heterocycles. The van der Waals surface area contributed by atoms with Crippen molar-refractivity contribution < 1.29 is 5.11 Å². The van der Waals surface area contributed by atoms with Gasteiger partial charge in [-0.2, -0.15) is 0 Å². The first kappa shape index (κ1) is 22.3. The Morgan fingerprint density at radius 2 is 0.833 bits per heavy atom. The van der Waals surface area contributed by atoms with E-state index in [0.717, 1.165) is 11.1 Å². The van der Waals surface area contributed by atoms with Crippen molar-refractivity contribution in [1.29, 1.82) is 0 Å². The standard InChI is InChI=1S/C35H28O/c36-35(29-22-12-4-13-23-29,30-24-14-5-15-25-30)34-32(28-20-10-3-11-21-28)33(34)31(26-16-6-1-7-17-26)27-18-8-2-9-19-27/h1-25,32,34,36H/t32-,34-/m1/s1. The third-order valence-corrected chi connectivity index (χ3v) is 7.34. The molecule has 5 aromatic carbocycles. The van der Waals surface area contributed by atoms with Crippen LogP contribution in [0.4, 0.5) is 0 Å². The van der Waals surface area contributed by atoms with Gasteiger partial charge in [-0.3, -0.25) is 0 Å². The summed E-state index contributed by atoms with van der Waals surface area (Å²) in [6.07, 6.45) is 0. The minimum absolute atomic E-state index is 0.0898. The second-order valence-corrected chi connectivity index (χ2v) is 9.43. The summed E-state index contributed by atoms with van der Waals surface area (Å²) in [5.74, 6) is -0.0212. The molecule has 1 aliphatic rings. The molecule has 0 saturated heterocycles. The lowest BCUT2D eigenvalue weighted by Gasteiger charge is -2.30. The Balaban J connectivity index is 1.65. The minimum atomic E-state index is -1.17. The molecule has 6 rings (SSSR count). The smallest absolute Gasteiger partial charge is 0.122 e. The van der Waals surface area contributed by atoms with Crippen molar-refractivity contribution in [3.05, 3.63) is 185 Å². The zero-order chi connectivity index (χ0) is 24.4. The van der Waals surface area contributed by atoms with Crippen LogP contribution in [-0.2, 0) is 5.60 Å². The Kier molecular flexibility index (Phi) is 5.85. The average Bonchev–Trinajstić information content (AvgIpc) is 3.71. The number of hydrogen-bond donors (Lipinski definition) is 1. The minimum Gasteiger partial charge on any atom is -0.380 e. The van der Waals surface area contributed by atoms with Gasteiger partial charge in [-0.05, 0) is 39.0 Å². The largest absolute Gasteiger partial charge is 0.380 e. The van der Waals surface area contributed by atoms with Crippen molar-refractivity contribution in [2.45, 2.75) is 11.5 Å². The van der Waals surface area contributed by atoms with Crippen molar-refractivity contribution in [2.24, 2.45) is 5.92 Å². The summed E-state index contributed by atoms with van der Waals surface area (Å²) < 4.78 is 0. The highest BCUT2D eigenvalue weighted by Gasteiger charge is 2.59. The van der Waals surface area contributed by atoms with Gasteiger partial charge in [0.05, 0.1) is 0 Å². The monoisotopic (exact) mass is 464 g/mol. The summed E-state index contributed by atoms with van der Waals surface area (Å²) >= 11 is 0. The zero-order valence-corrected chi connectivity index (χ0v) is 20.0. The molecule has 0 amide bonds. The van der Waals surface area contributed by atoms with Gasteiger partial charge in [-0.25, -0.2) is 0 Å². The van der Waals surface area contributed by atoms with Crippen molar-refractivity contribution in [1.82, 2.24) is 0 Å². The maximum Gasteiger partial charge on any atom is 0.122 e. The second kappa shape index (κ2) is 9.45. The molecule has 0 aromatic heterocycles. The van der Waals surface area contributed by atoms with Crippen LogP contribution in [0, 0.1) is 5.92 Å². The van der Waals surface area contributed by atoms with Crippen LogP contribution in [0.5, 0.6) is 0 Å². The number of hydrogen-bond acceptors (Lipinski definition) is 1. The van der Waals surface area contributed by atoms with Crippen molar-refractivity contribution in [2.75, 3.05) is 0 Å². The molecule has 0 unspecified atom stereocenters. The summed E-state index contributed by atoms with van der Waals surface area (Å²) in [7, 11) is 0. The highest BCUT2D eigenvalue weighted by Crippen LogP contribution is 2.66. The first-order chi connectivity index (χ1) is 17.8. The highest BCUT2D eigenvalue weighted by molar-refractivity contribution is 5.87. The third kappa shape index (κ3) is 3.88. The molecule has 1 saturated carbocycles. The van der Waals surface area contributed by atoms with E-state index in [1.165, 1.54) is 27.8 Å². The summed E-state index contributed by atoms with van der Waals surface area (Å²) in [4.78, 5) is 0. The van der Waals surface area contributed by atoms with Crippen LogP contribution in [-0.4, -0.2) is 5.11 Å². The van der Waals surface area contributed by atoms with Crippen LogP contribution in [0.25, 0.3) is 5.57 Å². The van der Waals surface area contributed by atoms with Crippen LogP contribution in [0.3, 0.4) is 0 Å². The molecule has 0 bridgehead atoms. The predicted octanol–water partition coefficient (Wildman–Crippen LogP) is 7.84. The van der Waals surface area contributed by atoms with E-state index in [2.05, 4.69) is 115 Å². The lowest BCUT2D eigenvalue weighted by molar-refractivity contribution is 0.0584. The Morgan fingerprint density at radius 3 is 1.25 bits per heavy atom. The van der Waals surface area contributed by atoms with Gasteiger partial charge in [-0.15, -0.1) is 0 Å². The van der Waals surface area contributed by atoms with E-state index in [-0.39, 0.29) is 11.8 Å². The van der Waals surface area contributed by atoms with E-state index < -0.39 is 5.60 Å². The summed E-state index contributed by atoms with van der Waals surface area (Å²) in [5.41, 5.74) is 6.71. The van der Waals surface area contributed by atoms with Gasteiger partial charge in [-0.1, -0.05) is 152 Å². The quantitative estimate of drug-likeness (QED) is 0.271. The molecule has 1 N–H and O–H groups in total. The Labute approximate surface area is 213 Å². The maximum atomic E-state index is 12.8. The van der Waals surface area contributed by atoms with Crippen molar-refractivity contribution >= 4 is 5.57 Å². The number of rotatable bonds is 6. The van der Waals surface area contributed by atoms with Gasteiger partial charge in [0.15, 0.2) is 0 Å². The molecule has 1 aliphatic carbocycles. The topological polar surface area (TPSA) is 20.2 Å². The lowest BCUT2D eigenvalue weighted by Crippen LogP contribution is -2.31. The van der Waals surface area contributed by atoms with Gasteiger partial charge in [0.1, 0.15) is 5.60 Å². The van der Waals surface area contributed by atoms with E-state index >= 15 is 0 Å². The van der Waals surface area contributed by atoms with Crippen LogP contribution < -0.4 is 0 Å². The molecule has 0 spiro atoms. The van der Waals surface area contributed by atoms with Crippen LogP contribution in [0.2, 0.25) is 0 Å². The molecule has 0 radical (unpaired) electrons. The van der Waals surface area contributed by atoms with Crippen LogP contribution >= 0.6 is 0 Å². The summed E-state index contributed by atoms with van der Waals surface area (Å²) in [6, 6.07) is 52.1. The lowest BCUT2D eigenvalue weighted by atomic mass is 9.80. The fourth-order valence-electron chi connectivity index (χ4n) is 5.69. The third-order valence-electron chi connectivity index (χ3n) is 7.34. The van der Waals surface area contributed by atoms with E-state index in [0.29, 0.717) is 0 Å². The molecule has 1 fully saturated rings. The number of benzene rings is 5. The highest BCUT2D eigenvalue weighted by atomic mass is 16.3. The van der Waals surface area contributed by atoms with Crippen LogP contribution in [0.1, 0.15) is 33.7 Å². The summed E-state index contributed by atoms with van der Waals surface area (Å²) in [5, 5.41) is 12.8. The van der Waals surface area contributed by atoms with E-state index in [1.54, 1.807) is 0 Å². The van der Waals surface area contributed by atoms with Gasteiger partial charge in [0.2, 0.25) is 0 Å². The van der Waals surface area contributed by atoms with Gasteiger partial charge in [0.25, 0.3) is 0 Å². The predicted molar refractivity (Wildman–Crippen MR) is 147 cm³/mol. The summed E-state index contributed by atoms with van der Waals surface area (Å²) in [6.45, 7) is 0. The van der Waals surface area contributed by atoms with E-state index in [9.17, 15) is 5.11 Å². The molecular formula is C35H28O. The average molecular weight is 465 g/mol. The van der Waals surface area contributed by atoms with Gasteiger partial charge < -0.3 is 5.11 Å². The molecule has 5 aromatic rings. The molecule has 1 nitrogen and oxygen atoms in total. The number of aliphatic hydroxyl groups is 1. The second-order valence-electron chi connectivity index (χ2n) is 9.43. The van der Waals surface area contributed by atoms with Crippen molar-refractivity contribution in [3.8, 4) is 0 Å². The zero-order valence-electron chi connectivity index (χ0n) is 20.0. The van der Waals surface area contributed by atoms with Gasteiger partial charge in [0, 0.05) is 11.8 Å². The first-order valence-corrected chi connectivity index (χ1v) is 12.5. The first-order valence-electron chi connectivity index (χ1n) is 12.5. The Hall–Kier alpha value is -4.20. The van der Waals surface area contributed by atoms with Crippen LogP contribution in [0.15, 0.2) is 157 Å². The Morgan fingerprint density at radius 1 is 0.472 bits per heavy atom. The van der Waals surface area contributed by atoms with E-state index in [4.69, 9.17) is 0 Å². The normalized spacial score (nSPS) is 17.0. The molecule has 36 heavy (non-hydrogen) atoms. The molecule has 1 heteroatoms. The molecule has 2 atom stereocenters. The molecular weight excluding hydrogens is 436 g/mol. The Bertz CT molecular complexity index is 1380. The van der Waals surface area contributed by atoms with E-state index in [1.807, 2.05) is 36.4 Å². The van der Waals surface area contributed by atoms with Gasteiger partial charge >= 0.3 is 0 Å². The fraction of sp³-hybridized carbons (Fsp3) is 0.0857.